The number of aromatic amines is 1. The summed E-state index contributed by atoms with van der Waals surface area (Å²) in [6.07, 6.45) is 6.39. The zero-order valence-electron chi connectivity index (χ0n) is 10.1. The second-order valence-corrected chi connectivity index (χ2v) is 4.73. The SMILES string of the molecule is CCCc1c[nH]c[n+]1C.COP(=O)([O-])OC. The molecule has 1 rings (SSSR count). The molecule has 0 aromatic carbocycles. The highest BCUT2D eigenvalue weighted by Gasteiger charge is 2.00. The van der Waals surface area contributed by atoms with Crippen LogP contribution < -0.4 is 9.46 Å². The second kappa shape index (κ2) is 7.57. The van der Waals surface area contributed by atoms with Crippen molar-refractivity contribution in [1.29, 1.82) is 0 Å². The monoisotopic (exact) mass is 250 g/mol. The van der Waals surface area contributed by atoms with Crippen molar-refractivity contribution in [2.45, 2.75) is 19.8 Å². The molecule has 94 valence electrons. The van der Waals surface area contributed by atoms with Gasteiger partial charge >= 0.3 is 0 Å². The number of nitrogens with zero attached hydrogens (tertiary/aromatic N) is 1. The summed E-state index contributed by atoms with van der Waals surface area (Å²) in [6.45, 7) is 2.19. The number of nitrogens with one attached hydrogen (secondary N) is 1. The van der Waals surface area contributed by atoms with E-state index >= 15 is 0 Å². The molecule has 1 heterocycles. The number of H-pyrrole nitrogens is 1. The number of hydrogen-bond acceptors (Lipinski definition) is 4. The lowest BCUT2D eigenvalue weighted by Gasteiger charge is -2.16. The summed E-state index contributed by atoms with van der Waals surface area (Å²) in [4.78, 5) is 13.0. The van der Waals surface area contributed by atoms with Gasteiger partial charge in [0.2, 0.25) is 6.33 Å². The average Bonchev–Trinajstić information content (AvgIpc) is 2.66. The van der Waals surface area contributed by atoms with Crippen LogP contribution in [0.3, 0.4) is 0 Å². The largest absolute Gasteiger partial charge is 0.756 e. The van der Waals surface area contributed by atoms with Crippen LogP contribution in [-0.4, -0.2) is 19.2 Å². The summed E-state index contributed by atoms with van der Waals surface area (Å²) in [5.41, 5.74) is 1.37. The van der Waals surface area contributed by atoms with Gasteiger partial charge in [-0.1, -0.05) is 6.92 Å². The molecule has 0 saturated carbocycles. The minimum atomic E-state index is -3.90. The fourth-order valence-corrected chi connectivity index (χ4v) is 1.16. The summed E-state index contributed by atoms with van der Waals surface area (Å²) in [6, 6.07) is 0. The minimum absolute atomic E-state index is 1.04. The van der Waals surface area contributed by atoms with Gasteiger partial charge in [-0.15, -0.1) is 0 Å². The van der Waals surface area contributed by atoms with Gasteiger partial charge in [-0.2, -0.15) is 0 Å². The van der Waals surface area contributed by atoms with Crippen molar-refractivity contribution in [3.8, 4) is 0 Å². The molecule has 0 amide bonds. The summed E-state index contributed by atoms with van der Waals surface area (Å²) in [5.74, 6) is 0. The molecule has 0 fully saturated rings. The molecule has 1 aromatic heterocycles. The van der Waals surface area contributed by atoms with Crippen LogP contribution in [0.25, 0.3) is 0 Å². The van der Waals surface area contributed by atoms with Crippen molar-refractivity contribution in [2.75, 3.05) is 14.2 Å². The number of rotatable bonds is 4. The van der Waals surface area contributed by atoms with E-state index in [2.05, 4.69) is 32.6 Å². The lowest BCUT2D eigenvalue weighted by Crippen LogP contribution is -2.29. The Morgan fingerprint density at radius 1 is 1.50 bits per heavy atom. The number of aryl methyl sites for hydroxylation is 2. The molecule has 0 aliphatic rings. The molecule has 1 N–H and O–H groups in total. The number of imidazole rings is 1. The Hall–Kier alpha value is -0.680. The van der Waals surface area contributed by atoms with Crippen LogP contribution in [0.5, 0.6) is 0 Å². The zero-order chi connectivity index (χ0) is 12.6. The molecule has 0 unspecified atom stereocenters. The Morgan fingerprint density at radius 3 is 2.31 bits per heavy atom. The first kappa shape index (κ1) is 15.3. The maximum Gasteiger partial charge on any atom is 0.267 e. The van der Waals surface area contributed by atoms with Gasteiger partial charge in [-0.3, -0.25) is 4.57 Å². The first-order chi connectivity index (χ1) is 7.46. The van der Waals surface area contributed by atoms with E-state index < -0.39 is 7.82 Å². The van der Waals surface area contributed by atoms with Gasteiger partial charge in [0.15, 0.2) is 0 Å². The third-order valence-electron chi connectivity index (χ3n) is 1.92. The third kappa shape index (κ3) is 6.02. The molecule has 7 heteroatoms. The Labute approximate surface area is 95.8 Å². The van der Waals surface area contributed by atoms with Crippen molar-refractivity contribution in [2.24, 2.45) is 7.05 Å². The molecule has 16 heavy (non-hydrogen) atoms. The molecule has 0 aliphatic heterocycles. The van der Waals surface area contributed by atoms with Crippen LogP contribution >= 0.6 is 7.82 Å². The maximum atomic E-state index is 9.95. The molecular weight excluding hydrogens is 231 g/mol. The molecule has 0 spiro atoms. The van der Waals surface area contributed by atoms with Crippen molar-refractivity contribution < 1.29 is 23.1 Å². The van der Waals surface area contributed by atoms with E-state index in [9.17, 15) is 9.46 Å². The van der Waals surface area contributed by atoms with Gasteiger partial charge in [-0.25, -0.2) is 9.55 Å². The Balaban J connectivity index is 0.000000293. The van der Waals surface area contributed by atoms with Gasteiger partial charge in [0, 0.05) is 20.6 Å². The predicted octanol–water partition coefficient (Wildman–Crippen LogP) is 0.539. The fraction of sp³-hybridized carbons (Fsp3) is 0.667. The standard InChI is InChI=1S/C7H12N2.C2H7O4P/c1-3-4-7-5-8-6-9(7)2;1-5-7(3,4)6-2/h5-6H,3-4H2,1-2H3;1-2H3,(H,3,4). The van der Waals surface area contributed by atoms with Crippen LogP contribution in [0.4, 0.5) is 0 Å². The lowest BCUT2D eigenvalue weighted by molar-refractivity contribution is -0.677. The molecule has 0 atom stereocenters. The van der Waals surface area contributed by atoms with Gasteiger partial charge in [0.25, 0.3) is 7.82 Å². The van der Waals surface area contributed by atoms with E-state index in [1.165, 1.54) is 18.5 Å². The molecule has 0 saturated heterocycles. The Bertz CT molecular complexity index is 332. The number of phosphoric acid groups is 1. The van der Waals surface area contributed by atoms with Gasteiger partial charge < -0.3 is 13.9 Å². The molecule has 1 aromatic rings. The van der Waals surface area contributed by atoms with Crippen molar-refractivity contribution >= 4 is 7.82 Å². The maximum absolute atomic E-state index is 9.95. The minimum Gasteiger partial charge on any atom is -0.756 e. The third-order valence-corrected chi connectivity index (χ3v) is 2.82. The highest BCUT2D eigenvalue weighted by molar-refractivity contribution is 7.45. The molecule has 6 nitrogen and oxygen atoms in total. The number of phosphoric ester groups is 1. The molecule has 0 aliphatic carbocycles. The quantitative estimate of drug-likeness (QED) is 0.625. The Kier molecular flexibility index (Phi) is 7.25. The van der Waals surface area contributed by atoms with Crippen molar-refractivity contribution in [3.05, 3.63) is 18.2 Å². The smallest absolute Gasteiger partial charge is 0.267 e. The van der Waals surface area contributed by atoms with Gasteiger partial charge in [0.1, 0.15) is 11.9 Å². The van der Waals surface area contributed by atoms with Crippen LogP contribution in [0.1, 0.15) is 19.0 Å². The lowest BCUT2D eigenvalue weighted by atomic mass is 10.3. The molecule has 0 bridgehead atoms. The number of hydrogen-bond donors (Lipinski definition) is 1. The first-order valence-corrected chi connectivity index (χ1v) is 6.36. The van der Waals surface area contributed by atoms with Crippen molar-refractivity contribution in [1.82, 2.24) is 4.98 Å². The van der Waals surface area contributed by atoms with E-state index in [1.807, 2.05) is 12.5 Å². The molecule has 0 radical (unpaired) electrons. The normalized spacial score (nSPS) is 10.8. The second-order valence-electron chi connectivity index (χ2n) is 3.10. The van der Waals surface area contributed by atoms with E-state index in [0.29, 0.717) is 0 Å². The van der Waals surface area contributed by atoms with Gasteiger partial charge in [0.05, 0.1) is 7.05 Å². The zero-order valence-corrected chi connectivity index (χ0v) is 11.0. The Morgan fingerprint density at radius 2 is 2.06 bits per heavy atom. The summed E-state index contributed by atoms with van der Waals surface area (Å²) >= 11 is 0. The van der Waals surface area contributed by atoms with E-state index in [1.54, 1.807) is 0 Å². The predicted molar refractivity (Wildman–Crippen MR) is 57.6 cm³/mol. The van der Waals surface area contributed by atoms with Crippen LogP contribution in [0.2, 0.25) is 0 Å². The summed E-state index contributed by atoms with van der Waals surface area (Å²) in [7, 11) is 0.231. The van der Waals surface area contributed by atoms with E-state index in [-0.39, 0.29) is 0 Å². The summed E-state index contributed by atoms with van der Waals surface area (Å²) in [5, 5.41) is 0. The fourth-order valence-electron chi connectivity index (χ4n) is 1.01. The molecular formula is C9H19N2O4P. The van der Waals surface area contributed by atoms with Crippen LogP contribution in [-0.2, 0) is 27.1 Å². The van der Waals surface area contributed by atoms with Crippen molar-refractivity contribution in [3.63, 3.8) is 0 Å². The van der Waals surface area contributed by atoms with E-state index in [0.717, 1.165) is 14.2 Å². The van der Waals surface area contributed by atoms with E-state index in [4.69, 9.17) is 0 Å². The average molecular weight is 250 g/mol. The highest BCUT2D eigenvalue weighted by Crippen LogP contribution is 2.34. The van der Waals surface area contributed by atoms with Crippen LogP contribution in [0.15, 0.2) is 12.5 Å². The first-order valence-electron chi connectivity index (χ1n) is 4.90. The highest BCUT2D eigenvalue weighted by atomic mass is 31.2. The summed E-state index contributed by atoms with van der Waals surface area (Å²) < 4.78 is 19.8. The topological polar surface area (TPSA) is 78.3 Å². The number of aromatic nitrogens is 2. The van der Waals surface area contributed by atoms with Gasteiger partial charge in [-0.05, 0) is 6.42 Å². The van der Waals surface area contributed by atoms with Crippen LogP contribution in [0, 0.1) is 0 Å².